The Morgan fingerprint density at radius 3 is 2.81 bits per heavy atom. The van der Waals surface area contributed by atoms with Crippen molar-refractivity contribution in [2.75, 3.05) is 0 Å². The van der Waals surface area contributed by atoms with Crippen molar-refractivity contribution in [3.05, 3.63) is 23.8 Å². The minimum atomic E-state index is -1.62. The molecule has 2 N–H and O–H groups in total. The second kappa shape index (κ2) is 3.44. The molecule has 0 fully saturated rings. The number of ketones is 1. The summed E-state index contributed by atoms with van der Waals surface area (Å²) in [6.07, 6.45) is 2.14. The lowest BCUT2D eigenvalue weighted by molar-refractivity contribution is -0.131. The molecule has 0 aliphatic rings. The number of nitrogens with one attached hydrogen (secondary N) is 1. The van der Waals surface area contributed by atoms with E-state index in [1.54, 1.807) is 7.85 Å². The standard InChI is InChI=1S/C9H6BFN2O3/c10-8-6-5(4(11)2-13-8)3(1-12-6)7(14)9(15)16/h1-2,12H,10H2,(H,15,16). The van der Waals surface area contributed by atoms with E-state index in [1.807, 2.05) is 0 Å². The molecule has 0 atom stereocenters. The Labute approximate surface area is 89.7 Å². The van der Waals surface area contributed by atoms with Crippen LogP contribution in [0.5, 0.6) is 0 Å². The van der Waals surface area contributed by atoms with Gasteiger partial charge in [0, 0.05) is 17.2 Å². The Morgan fingerprint density at radius 2 is 2.19 bits per heavy atom. The summed E-state index contributed by atoms with van der Waals surface area (Å²) in [6.45, 7) is 0. The Hall–Kier alpha value is -2.18. The van der Waals surface area contributed by atoms with Crippen LogP contribution in [-0.4, -0.2) is 34.7 Å². The highest BCUT2D eigenvalue weighted by Gasteiger charge is 2.21. The van der Waals surface area contributed by atoms with Gasteiger partial charge in [0.1, 0.15) is 0 Å². The first kappa shape index (κ1) is 10.3. The highest BCUT2D eigenvalue weighted by molar-refractivity contribution is 6.43. The molecular weight excluding hydrogens is 214 g/mol. The van der Waals surface area contributed by atoms with Crippen molar-refractivity contribution < 1.29 is 19.1 Å². The number of fused-ring (bicyclic) bond motifs is 1. The number of hydrogen-bond acceptors (Lipinski definition) is 3. The minimum Gasteiger partial charge on any atom is -0.475 e. The fourth-order valence-corrected chi connectivity index (χ4v) is 1.53. The van der Waals surface area contributed by atoms with Crippen molar-refractivity contribution in [3.63, 3.8) is 0 Å². The third-order valence-electron chi connectivity index (χ3n) is 2.29. The molecule has 2 rings (SSSR count). The lowest BCUT2D eigenvalue weighted by Crippen LogP contribution is -2.14. The van der Waals surface area contributed by atoms with E-state index in [0.29, 0.717) is 11.1 Å². The van der Waals surface area contributed by atoms with E-state index in [1.165, 1.54) is 6.20 Å². The maximum Gasteiger partial charge on any atom is 0.377 e. The van der Waals surface area contributed by atoms with E-state index in [9.17, 15) is 14.0 Å². The summed E-state index contributed by atoms with van der Waals surface area (Å²) in [6, 6.07) is 0. The van der Waals surface area contributed by atoms with Crippen LogP contribution in [0.4, 0.5) is 4.39 Å². The third kappa shape index (κ3) is 1.37. The minimum absolute atomic E-state index is 0.0279. The number of aromatic amines is 1. The number of nitrogens with zero attached hydrogens (tertiary/aromatic N) is 1. The normalized spacial score (nSPS) is 10.6. The quantitative estimate of drug-likeness (QED) is 0.395. The summed E-state index contributed by atoms with van der Waals surface area (Å²) < 4.78 is 13.5. The van der Waals surface area contributed by atoms with Crippen LogP contribution in [0.15, 0.2) is 12.4 Å². The highest BCUT2D eigenvalue weighted by atomic mass is 19.1. The van der Waals surface area contributed by atoms with E-state index in [-0.39, 0.29) is 10.9 Å². The van der Waals surface area contributed by atoms with E-state index in [4.69, 9.17) is 5.11 Å². The number of Topliss-reactive ketones (excluding diaryl/α,β-unsaturated/α-hetero) is 1. The fourth-order valence-electron chi connectivity index (χ4n) is 1.53. The molecule has 5 nitrogen and oxygen atoms in total. The van der Waals surface area contributed by atoms with Gasteiger partial charge < -0.3 is 10.1 Å². The molecule has 0 saturated heterocycles. The lowest BCUT2D eigenvalue weighted by atomic mass is 9.99. The van der Waals surface area contributed by atoms with Crippen LogP contribution in [0.3, 0.4) is 0 Å². The molecular formula is C9H6BFN2O3. The second-order valence-corrected chi connectivity index (χ2v) is 3.28. The molecule has 0 aliphatic carbocycles. The summed E-state index contributed by atoms with van der Waals surface area (Å²) in [5.74, 6) is -3.48. The monoisotopic (exact) mass is 220 g/mol. The Kier molecular flexibility index (Phi) is 2.23. The number of carboxylic acid groups (broad SMARTS) is 1. The highest BCUT2D eigenvalue weighted by Crippen LogP contribution is 2.19. The van der Waals surface area contributed by atoms with E-state index < -0.39 is 17.6 Å². The van der Waals surface area contributed by atoms with Crippen molar-refractivity contribution in [2.24, 2.45) is 0 Å². The number of aliphatic carboxylic acids is 1. The molecule has 2 aromatic heterocycles. The van der Waals surface area contributed by atoms with E-state index in [2.05, 4.69) is 9.97 Å². The third-order valence-corrected chi connectivity index (χ3v) is 2.29. The number of halogens is 1. The molecule has 7 heteroatoms. The van der Waals surface area contributed by atoms with Gasteiger partial charge in [-0.25, -0.2) is 9.18 Å². The number of H-pyrrole nitrogens is 1. The van der Waals surface area contributed by atoms with Crippen molar-refractivity contribution in [2.45, 2.75) is 0 Å². The largest absolute Gasteiger partial charge is 0.475 e. The second-order valence-electron chi connectivity index (χ2n) is 3.28. The molecule has 0 spiro atoms. The maximum absolute atomic E-state index is 13.5. The van der Waals surface area contributed by atoms with E-state index in [0.717, 1.165) is 6.20 Å². The van der Waals surface area contributed by atoms with Gasteiger partial charge in [0.25, 0.3) is 5.78 Å². The number of carboxylic acids is 1. The Balaban J connectivity index is 2.78. The zero-order valence-corrected chi connectivity index (χ0v) is 8.24. The van der Waals surface area contributed by atoms with Gasteiger partial charge in [-0.05, 0) is 0 Å². The SMILES string of the molecule is Bc1ncc(F)c2c(C(=O)C(=O)O)c[nH]c12. The van der Waals surface area contributed by atoms with E-state index >= 15 is 0 Å². The predicted molar refractivity (Wildman–Crippen MR) is 56.2 cm³/mol. The summed E-state index contributed by atoms with van der Waals surface area (Å²) >= 11 is 0. The number of hydrogen-bond donors (Lipinski definition) is 2. The summed E-state index contributed by atoms with van der Waals surface area (Å²) in [5, 5.41) is 8.54. The van der Waals surface area contributed by atoms with Crippen molar-refractivity contribution >= 4 is 36.1 Å². The fraction of sp³-hybridized carbons (Fsp3) is 0. The van der Waals surface area contributed by atoms with Gasteiger partial charge in [-0.15, -0.1) is 0 Å². The molecule has 0 saturated carbocycles. The van der Waals surface area contributed by atoms with Gasteiger partial charge in [-0.2, -0.15) is 0 Å². The smallest absolute Gasteiger partial charge is 0.377 e. The maximum atomic E-state index is 13.5. The Morgan fingerprint density at radius 1 is 1.50 bits per heavy atom. The molecule has 2 aromatic rings. The van der Waals surface area contributed by atoms with Crippen molar-refractivity contribution in [1.82, 2.24) is 9.97 Å². The topological polar surface area (TPSA) is 83.1 Å². The average molecular weight is 220 g/mol. The lowest BCUT2D eigenvalue weighted by Gasteiger charge is -1.98. The number of aromatic nitrogens is 2. The molecule has 0 radical (unpaired) electrons. The van der Waals surface area contributed by atoms with Gasteiger partial charge in [-0.3, -0.25) is 9.78 Å². The van der Waals surface area contributed by atoms with Crippen molar-refractivity contribution in [3.8, 4) is 0 Å². The predicted octanol–water partition coefficient (Wildman–Crippen LogP) is -0.772. The van der Waals surface area contributed by atoms with Gasteiger partial charge in [0.05, 0.1) is 17.3 Å². The molecule has 0 unspecified atom stereocenters. The van der Waals surface area contributed by atoms with Crippen LogP contribution in [0, 0.1) is 5.82 Å². The van der Waals surface area contributed by atoms with Crippen molar-refractivity contribution in [1.29, 1.82) is 0 Å². The molecule has 0 aliphatic heterocycles. The first-order valence-corrected chi connectivity index (χ1v) is 4.42. The number of carbonyl (C=O) groups excluding carboxylic acids is 1. The Bertz CT molecular complexity index is 608. The summed E-state index contributed by atoms with van der Waals surface area (Å²) in [4.78, 5) is 28.2. The number of rotatable bonds is 2. The number of carbonyl (C=O) groups is 2. The molecule has 0 aromatic carbocycles. The van der Waals surface area contributed by atoms with Gasteiger partial charge in [-0.1, -0.05) is 0 Å². The summed E-state index contributed by atoms with van der Waals surface area (Å²) in [5.41, 5.74) is 0.649. The van der Waals surface area contributed by atoms with Crippen LogP contribution in [0.1, 0.15) is 10.4 Å². The molecule has 0 amide bonds. The van der Waals surface area contributed by atoms with Crippen LogP contribution in [-0.2, 0) is 4.79 Å². The molecule has 80 valence electrons. The van der Waals surface area contributed by atoms with Gasteiger partial charge >= 0.3 is 5.97 Å². The zero-order valence-electron chi connectivity index (χ0n) is 8.24. The molecule has 16 heavy (non-hydrogen) atoms. The van der Waals surface area contributed by atoms with Crippen LogP contribution < -0.4 is 5.59 Å². The van der Waals surface area contributed by atoms with Crippen LogP contribution >= 0.6 is 0 Å². The molecule has 0 bridgehead atoms. The first-order chi connectivity index (χ1) is 7.52. The van der Waals surface area contributed by atoms with Gasteiger partial charge in [0.2, 0.25) is 0 Å². The zero-order chi connectivity index (χ0) is 11.9. The number of pyridine rings is 1. The van der Waals surface area contributed by atoms with Gasteiger partial charge in [0.15, 0.2) is 13.7 Å². The van der Waals surface area contributed by atoms with Crippen LogP contribution in [0.2, 0.25) is 0 Å². The average Bonchev–Trinajstić information content (AvgIpc) is 2.67. The first-order valence-electron chi connectivity index (χ1n) is 4.42. The summed E-state index contributed by atoms with van der Waals surface area (Å²) in [7, 11) is 1.63. The molecule has 2 heterocycles. The van der Waals surface area contributed by atoms with Crippen LogP contribution in [0.25, 0.3) is 10.9 Å².